The van der Waals surface area contributed by atoms with Crippen molar-refractivity contribution in [2.24, 2.45) is 7.05 Å². The van der Waals surface area contributed by atoms with Crippen molar-refractivity contribution in [1.29, 1.82) is 0 Å². The molecule has 3 aromatic rings. The van der Waals surface area contributed by atoms with Gasteiger partial charge in [-0.15, -0.1) is 11.3 Å². The van der Waals surface area contributed by atoms with Crippen molar-refractivity contribution in [3.05, 3.63) is 33.8 Å². The third-order valence-corrected chi connectivity index (χ3v) is 5.86. The van der Waals surface area contributed by atoms with Gasteiger partial charge in [0.05, 0.1) is 0 Å². The smallest absolute Gasteiger partial charge is 0.340 e. The maximum absolute atomic E-state index is 14.3. The van der Waals surface area contributed by atoms with Crippen LogP contribution in [0.1, 0.15) is 21.7 Å². The molecular formula is C16H11F6NS. The van der Waals surface area contributed by atoms with Crippen LogP contribution in [-0.4, -0.2) is 10.5 Å². The van der Waals surface area contributed by atoms with Crippen molar-refractivity contribution < 1.29 is 26.3 Å². The second kappa shape index (κ2) is 4.09. The van der Waals surface area contributed by atoms with Crippen molar-refractivity contribution >= 4 is 32.3 Å². The highest BCUT2D eigenvalue weighted by atomic mass is 32.1. The van der Waals surface area contributed by atoms with Gasteiger partial charge in [0.15, 0.2) is 0 Å². The molecule has 2 aromatic heterocycles. The van der Waals surface area contributed by atoms with E-state index in [1.54, 1.807) is 25.5 Å². The fourth-order valence-corrected chi connectivity index (χ4v) is 4.57. The van der Waals surface area contributed by atoms with Gasteiger partial charge in [-0.2, -0.15) is 26.3 Å². The molecule has 1 aliphatic rings. The molecule has 0 amide bonds. The Balaban J connectivity index is 2.35. The van der Waals surface area contributed by atoms with Crippen LogP contribution in [-0.2, 0) is 18.9 Å². The number of aromatic nitrogens is 1. The summed E-state index contributed by atoms with van der Waals surface area (Å²) in [7, 11) is 1.68. The molecule has 1 aromatic carbocycles. The Morgan fingerprint density at radius 2 is 1.38 bits per heavy atom. The summed E-state index contributed by atoms with van der Waals surface area (Å²) in [4.78, 5) is 1.08. The number of hydrogen-bond donors (Lipinski definition) is 0. The summed E-state index contributed by atoms with van der Waals surface area (Å²) in [5, 5.41) is -0.244. The Morgan fingerprint density at radius 3 is 1.92 bits per heavy atom. The van der Waals surface area contributed by atoms with E-state index in [1.165, 1.54) is 23.5 Å². The molecule has 0 aliphatic heterocycles. The van der Waals surface area contributed by atoms with Gasteiger partial charge >= 0.3 is 17.8 Å². The molecule has 0 saturated carbocycles. The van der Waals surface area contributed by atoms with Gasteiger partial charge in [-0.3, -0.25) is 0 Å². The van der Waals surface area contributed by atoms with Crippen LogP contribution in [0.5, 0.6) is 0 Å². The van der Waals surface area contributed by atoms with Gasteiger partial charge in [0.2, 0.25) is 0 Å². The molecule has 1 aliphatic carbocycles. The molecule has 2 heterocycles. The molecule has 0 bridgehead atoms. The average molecular weight is 363 g/mol. The van der Waals surface area contributed by atoms with E-state index in [4.69, 9.17) is 0 Å². The number of rotatable bonds is 0. The number of aryl methyl sites for hydroxylation is 3. The van der Waals surface area contributed by atoms with Gasteiger partial charge < -0.3 is 4.57 Å². The van der Waals surface area contributed by atoms with Crippen LogP contribution in [0.4, 0.5) is 26.3 Å². The summed E-state index contributed by atoms with van der Waals surface area (Å²) < 4.78 is 86.6. The zero-order valence-corrected chi connectivity index (χ0v) is 13.6. The number of halogens is 6. The minimum atomic E-state index is -5.45. The Morgan fingerprint density at radius 1 is 0.875 bits per heavy atom. The van der Waals surface area contributed by atoms with Crippen molar-refractivity contribution in [2.75, 3.05) is 0 Å². The predicted octanol–water partition coefficient (Wildman–Crippen LogP) is 5.84. The minimum absolute atomic E-state index is 0.193. The van der Waals surface area contributed by atoms with Gasteiger partial charge in [0.25, 0.3) is 0 Å². The zero-order valence-electron chi connectivity index (χ0n) is 12.8. The Kier molecular flexibility index (Phi) is 2.70. The SMILES string of the molecule is Cc1cc2c3c(c4cc(C)n(C)c(s1)c24)C(F)(F)C(F)(F)C3(F)F. The zero-order chi connectivity index (χ0) is 17.8. The topological polar surface area (TPSA) is 4.93 Å². The van der Waals surface area contributed by atoms with E-state index >= 15 is 0 Å². The fourth-order valence-electron chi connectivity index (χ4n) is 3.49. The predicted molar refractivity (Wildman–Crippen MR) is 80.5 cm³/mol. The molecule has 0 unspecified atom stereocenters. The van der Waals surface area contributed by atoms with Crippen LogP contribution in [0.25, 0.3) is 21.0 Å². The second-order valence-electron chi connectivity index (χ2n) is 6.18. The van der Waals surface area contributed by atoms with Crippen molar-refractivity contribution in [3.63, 3.8) is 0 Å². The van der Waals surface area contributed by atoms with E-state index in [1.807, 2.05) is 0 Å². The van der Waals surface area contributed by atoms with Crippen molar-refractivity contribution in [2.45, 2.75) is 31.6 Å². The summed E-state index contributed by atoms with van der Waals surface area (Å²) in [6, 6.07) is 2.57. The molecule has 0 fully saturated rings. The highest BCUT2D eigenvalue weighted by Crippen LogP contribution is 2.67. The van der Waals surface area contributed by atoms with Crippen LogP contribution in [0.2, 0.25) is 0 Å². The quantitative estimate of drug-likeness (QED) is 0.442. The fraction of sp³-hybridized carbons (Fsp3) is 0.375. The Labute approximate surface area is 136 Å². The highest BCUT2D eigenvalue weighted by Gasteiger charge is 2.80. The molecule has 1 nitrogen and oxygen atoms in total. The number of nitrogens with zero attached hydrogens (tertiary/aromatic N) is 1. The molecule has 0 atom stereocenters. The van der Waals surface area contributed by atoms with Crippen LogP contribution < -0.4 is 0 Å². The van der Waals surface area contributed by atoms with Gasteiger partial charge in [-0.25, -0.2) is 0 Å². The Hall–Kier alpha value is -1.70. The minimum Gasteiger partial charge on any atom is -0.340 e. The first-order valence-electron chi connectivity index (χ1n) is 7.09. The van der Waals surface area contributed by atoms with Gasteiger partial charge in [-0.05, 0) is 36.8 Å². The molecule has 4 rings (SSSR count). The normalized spacial score (nSPS) is 20.9. The largest absolute Gasteiger partial charge is 0.380 e. The lowest BCUT2D eigenvalue weighted by molar-refractivity contribution is -0.302. The molecule has 0 saturated heterocycles. The van der Waals surface area contributed by atoms with Crippen molar-refractivity contribution in [3.8, 4) is 0 Å². The van der Waals surface area contributed by atoms with E-state index in [9.17, 15) is 26.3 Å². The van der Waals surface area contributed by atoms with Crippen molar-refractivity contribution in [1.82, 2.24) is 4.57 Å². The van der Waals surface area contributed by atoms with Gasteiger partial charge in [0, 0.05) is 34.1 Å². The third-order valence-electron chi connectivity index (χ3n) is 4.75. The van der Waals surface area contributed by atoms with E-state index < -0.39 is 28.9 Å². The van der Waals surface area contributed by atoms with Crippen LogP contribution in [0, 0.1) is 13.8 Å². The summed E-state index contributed by atoms with van der Waals surface area (Å²) in [6.07, 6.45) is 0. The first kappa shape index (κ1) is 15.8. The average Bonchev–Trinajstić information content (AvgIpc) is 2.83. The standard InChI is InChI=1S/C16H11F6NS/c1-6-4-8-10-9(5-7(2)24-13(10)23(6)3)12-11(8)14(17,18)16(21,22)15(12,19)20/h4-5H,1-3H3. The van der Waals surface area contributed by atoms with Crippen LogP contribution in [0.15, 0.2) is 12.1 Å². The molecule has 8 heteroatoms. The van der Waals surface area contributed by atoms with E-state index in [-0.39, 0.29) is 16.2 Å². The third kappa shape index (κ3) is 1.45. The van der Waals surface area contributed by atoms with Gasteiger partial charge in [-0.1, -0.05) is 0 Å². The summed E-state index contributed by atoms with van der Waals surface area (Å²) >= 11 is 1.25. The number of alkyl halides is 6. The lowest BCUT2D eigenvalue weighted by Gasteiger charge is -2.25. The van der Waals surface area contributed by atoms with E-state index in [0.29, 0.717) is 15.4 Å². The first-order valence-corrected chi connectivity index (χ1v) is 7.91. The molecule has 128 valence electrons. The second-order valence-corrected chi connectivity index (χ2v) is 7.42. The van der Waals surface area contributed by atoms with Crippen LogP contribution in [0.3, 0.4) is 0 Å². The summed E-state index contributed by atoms with van der Waals surface area (Å²) in [5.41, 5.74) is -1.95. The summed E-state index contributed by atoms with van der Waals surface area (Å²) in [6.45, 7) is 3.25. The molecule has 24 heavy (non-hydrogen) atoms. The molecule has 0 radical (unpaired) electrons. The molecule has 0 spiro atoms. The first-order chi connectivity index (χ1) is 10.9. The maximum atomic E-state index is 14.3. The van der Waals surface area contributed by atoms with Crippen LogP contribution >= 0.6 is 11.3 Å². The lowest BCUT2D eigenvalue weighted by Crippen LogP contribution is -2.43. The highest BCUT2D eigenvalue weighted by molar-refractivity contribution is 7.18. The number of pyridine rings is 1. The number of fused-ring (bicyclic) bond motifs is 3. The molecule has 0 N–H and O–H groups in total. The van der Waals surface area contributed by atoms with E-state index in [2.05, 4.69) is 0 Å². The van der Waals surface area contributed by atoms with E-state index in [0.717, 1.165) is 0 Å². The Bertz CT molecular complexity index is 990. The maximum Gasteiger partial charge on any atom is 0.380 e. The van der Waals surface area contributed by atoms with Gasteiger partial charge in [0.1, 0.15) is 4.83 Å². The summed E-state index contributed by atoms with van der Waals surface area (Å²) in [5.74, 6) is -15.3. The monoisotopic (exact) mass is 363 g/mol. The number of hydrogen-bond acceptors (Lipinski definition) is 1. The lowest BCUT2D eigenvalue weighted by atomic mass is 10.0. The molecular weight excluding hydrogens is 352 g/mol.